The molecule has 1 atom stereocenters. The summed E-state index contributed by atoms with van der Waals surface area (Å²) in [6.45, 7) is 5.87. The van der Waals surface area contributed by atoms with Crippen LogP contribution >= 0.6 is 0 Å². The molecule has 1 aliphatic heterocycles. The van der Waals surface area contributed by atoms with Gasteiger partial charge in [0.1, 0.15) is 23.3 Å². The Morgan fingerprint density at radius 3 is 2.65 bits per heavy atom. The van der Waals surface area contributed by atoms with Crippen molar-refractivity contribution in [1.82, 2.24) is 15.0 Å². The van der Waals surface area contributed by atoms with E-state index < -0.39 is 11.1 Å². The van der Waals surface area contributed by atoms with Crippen LogP contribution in [0.1, 0.15) is 68.1 Å². The lowest BCUT2D eigenvalue weighted by atomic mass is 9.86. The molecule has 3 aliphatic rings. The Balaban J connectivity index is 1.38. The number of nitrogens with two attached hydrogens (primary N) is 1. The second-order valence-corrected chi connectivity index (χ2v) is 10.6. The molecule has 0 amide bonds. The fourth-order valence-corrected chi connectivity index (χ4v) is 4.72. The Morgan fingerprint density at radius 1 is 1.12 bits per heavy atom. The van der Waals surface area contributed by atoms with Crippen LogP contribution in [-0.2, 0) is 16.7 Å². The van der Waals surface area contributed by atoms with Gasteiger partial charge in [0.15, 0.2) is 0 Å². The SMILES string of the molecule is CC1(C)Cc2nc(Nc3cc4c(C(C)(N)C5CC5)cnc(OC5CC5)c4cn3)ccc2C(=O)O1. The number of rotatable bonds is 6. The van der Waals surface area contributed by atoms with E-state index in [1.807, 2.05) is 26.1 Å². The smallest absolute Gasteiger partial charge is 0.340 e. The molecule has 3 N–H and O–H groups in total. The van der Waals surface area contributed by atoms with Gasteiger partial charge in [-0.25, -0.2) is 19.7 Å². The molecule has 3 aromatic rings. The summed E-state index contributed by atoms with van der Waals surface area (Å²) in [4.78, 5) is 26.2. The van der Waals surface area contributed by atoms with E-state index in [2.05, 4.69) is 22.2 Å². The molecular weight excluding hydrogens is 430 g/mol. The van der Waals surface area contributed by atoms with E-state index in [-0.39, 0.29) is 12.1 Å². The Hall–Kier alpha value is -3.26. The monoisotopic (exact) mass is 459 g/mol. The summed E-state index contributed by atoms with van der Waals surface area (Å²) in [5.41, 5.74) is 7.99. The summed E-state index contributed by atoms with van der Waals surface area (Å²) in [5, 5.41) is 5.17. The van der Waals surface area contributed by atoms with E-state index >= 15 is 0 Å². The summed E-state index contributed by atoms with van der Waals surface area (Å²) in [6.07, 6.45) is 8.83. The first-order valence-corrected chi connectivity index (χ1v) is 11.9. The summed E-state index contributed by atoms with van der Waals surface area (Å²) in [5.74, 6) is 1.99. The predicted octanol–water partition coefficient (Wildman–Crippen LogP) is 4.39. The average Bonchev–Trinajstić information content (AvgIpc) is 3.66. The minimum atomic E-state index is -0.578. The van der Waals surface area contributed by atoms with Crippen molar-refractivity contribution in [2.24, 2.45) is 11.7 Å². The maximum absolute atomic E-state index is 12.3. The van der Waals surface area contributed by atoms with Gasteiger partial charge in [-0.3, -0.25) is 0 Å². The zero-order valence-electron chi connectivity index (χ0n) is 19.7. The molecule has 0 spiro atoms. The van der Waals surface area contributed by atoms with Crippen molar-refractivity contribution in [2.45, 2.75) is 70.1 Å². The first kappa shape index (κ1) is 21.3. The highest BCUT2D eigenvalue weighted by molar-refractivity contribution is 5.93. The molecule has 2 fully saturated rings. The van der Waals surface area contributed by atoms with Crippen LogP contribution in [0.5, 0.6) is 5.88 Å². The highest BCUT2D eigenvalue weighted by Gasteiger charge is 2.41. The van der Waals surface area contributed by atoms with Crippen molar-refractivity contribution < 1.29 is 14.3 Å². The Bertz CT molecular complexity index is 1310. The molecule has 4 heterocycles. The van der Waals surface area contributed by atoms with Crippen molar-refractivity contribution in [2.75, 3.05) is 5.32 Å². The van der Waals surface area contributed by atoms with E-state index in [1.54, 1.807) is 18.3 Å². The number of hydrogen-bond acceptors (Lipinski definition) is 8. The fraction of sp³-hybridized carbons (Fsp3) is 0.462. The topological polar surface area (TPSA) is 112 Å². The normalized spacial score (nSPS) is 20.9. The summed E-state index contributed by atoms with van der Waals surface area (Å²) >= 11 is 0. The van der Waals surface area contributed by atoms with Gasteiger partial charge in [0.2, 0.25) is 5.88 Å². The lowest BCUT2D eigenvalue weighted by Crippen LogP contribution is -2.36. The minimum absolute atomic E-state index is 0.239. The van der Waals surface area contributed by atoms with Crippen LogP contribution in [0.2, 0.25) is 0 Å². The quantitative estimate of drug-likeness (QED) is 0.522. The Labute approximate surface area is 198 Å². The highest BCUT2D eigenvalue weighted by atomic mass is 16.6. The molecule has 8 heteroatoms. The molecule has 0 bridgehead atoms. The number of anilines is 2. The number of nitrogens with zero attached hydrogens (tertiary/aromatic N) is 3. The fourth-order valence-electron chi connectivity index (χ4n) is 4.72. The van der Waals surface area contributed by atoms with Gasteiger partial charge in [-0.15, -0.1) is 0 Å². The molecule has 2 saturated carbocycles. The standard InChI is InChI=1S/C26H29N5O3/c1-25(2)11-20-16(24(32)34-25)8-9-21(30-20)31-22-10-17-18(12-28-22)23(33-15-6-7-15)29-13-19(17)26(3,27)14-4-5-14/h8-10,12-15H,4-7,11,27H2,1-3H3,(H,28,30,31). The third-order valence-corrected chi connectivity index (χ3v) is 6.96. The first-order chi connectivity index (χ1) is 16.2. The lowest BCUT2D eigenvalue weighted by molar-refractivity contribution is -0.00714. The van der Waals surface area contributed by atoms with Crippen molar-refractivity contribution in [3.63, 3.8) is 0 Å². The second-order valence-electron chi connectivity index (χ2n) is 10.6. The number of carbonyl (C=O) groups excluding carboxylic acids is 1. The zero-order chi connectivity index (χ0) is 23.7. The Kier molecular flexibility index (Phi) is 4.61. The molecule has 0 radical (unpaired) electrons. The largest absolute Gasteiger partial charge is 0.474 e. The molecule has 0 saturated heterocycles. The van der Waals surface area contributed by atoms with Crippen LogP contribution < -0.4 is 15.8 Å². The van der Waals surface area contributed by atoms with Gasteiger partial charge in [0, 0.05) is 24.4 Å². The van der Waals surface area contributed by atoms with Crippen molar-refractivity contribution in [1.29, 1.82) is 0 Å². The number of hydrogen-bond donors (Lipinski definition) is 2. The molecule has 8 nitrogen and oxygen atoms in total. The third kappa shape index (κ3) is 3.86. The van der Waals surface area contributed by atoms with Gasteiger partial charge < -0.3 is 20.5 Å². The van der Waals surface area contributed by atoms with Crippen LogP contribution in [0.25, 0.3) is 10.8 Å². The Morgan fingerprint density at radius 2 is 1.91 bits per heavy atom. The summed E-state index contributed by atoms with van der Waals surface area (Å²) in [6, 6.07) is 5.53. The lowest BCUT2D eigenvalue weighted by Gasteiger charge is -2.30. The molecule has 3 aromatic heterocycles. The third-order valence-electron chi connectivity index (χ3n) is 6.96. The highest BCUT2D eigenvalue weighted by Crippen LogP contribution is 2.46. The number of ether oxygens (including phenoxy) is 2. The average molecular weight is 460 g/mol. The molecule has 34 heavy (non-hydrogen) atoms. The molecule has 1 unspecified atom stereocenters. The summed E-state index contributed by atoms with van der Waals surface area (Å²) < 4.78 is 11.5. The van der Waals surface area contributed by atoms with E-state index in [1.165, 1.54) is 0 Å². The van der Waals surface area contributed by atoms with Gasteiger partial charge in [0.05, 0.1) is 16.6 Å². The van der Waals surface area contributed by atoms with Gasteiger partial charge in [-0.1, -0.05) is 0 Å². The van der Waals surface area contributed by atoms with Crippen LogP contribution in [0, 0.1) is 5.92 Å². The van der Waals surface area contributed by atoms with Gasteiger partial charge >= 0.3 is 5.97 Å². The van der Waals surface area contributed by atoms with E-state index in [0.29, 0.717) is 35.4 Å². The number of aromatic nitrogens is 3. The number of fused-ring (bicyclic) bond motifs is 2. The minimum Gasteiger partial charge on any atom is -0.474 e. The molecule has 6 rings (SSSR count). The number of carbonyl (C=O) groups is 1. The van der Waals surface area contributed by atoms with E-state index in [4.69, 9.17) is 20.2 Å². The van der Waals surface area contributed by atoms with Gasteiger partial charge in [-0.05, 0) is 81.5 Å². The van der Waals surface area contributed by atoms with E-state index in [9.17, 15) is 4.79 Å². The molecule has 2 aliphatic carbocycles. The molecule has 0 aromatic carbocycles. The maximum Gasteiger partial charge on any atom is 0.340 e. The van der Waals surface area contributed by atoms with Crippen LogP contribution in [-0.4, -0.2) is 32.6 Å². The number of esters is 1. The maximum atomic E-state index is 12.3. The second kappa shape index (κ2) is 7.37. The van der Waals surface area contributed by atoms with Gasteiger partial charge in [-0.2, -0.15) is 0 Å². The number of pyridine rings is 3. The number of cyclic esters (lactones) is 1. The predicted molar refractivity (Wildman–Crippen MR) is 128 cm³/mol. The van der Waals surface area contributed by atoms with Crippen molar-refractivity contribution in [3.8, 4) is 5.88 Å². The molecular formula is C26H29N5O3. The molecule has 176 valence electrons. The van der Waals surface area contributed by atoms with Crippen molar-refractivity contribution >= 4 is 28.4 Å². The van der Waals surface area contributed by atoms with Gasteiger partial charge in [0.25, 0.3) is 0 Å². The zero-order valence-corrected chi connectivity index (χ0v) is 19.7. The van der Waals surface area contributed by atoms with E-state index in [0.717, 1.165) is 47.7 Å². The van der Waals surface area contributed by atoms with Crippen molar-refractivity contribution in [3.05, 3.63) is 47.4 Å². The first-order valence-electron chi connectivity index (χ1n) is 11.9. The summed E-state index contributed by atoms with van der Waals surface area (Å²) in [7, 11) is 0. The number of nitrogens with one attached hydrogen (secondary N) is 1. The van der Waals surface area contributed by atoms with Crippen LogP contribution in [0.15, 0.2) is 30.6 Å². The van der Waals surface area contributed by atoms with Crippen LogP contribution in [0.3, 0.4) is 0 Å². The van der Waals surface area contributed by atoms with Crippen LogP contribution in [0.4, 0.5) is 11.6 Å².